The van der Waals surface area contributed by atoms with Gasteiger partial charge < -0.3 is 15.9 Å². The zero-order chi connectivity index (χ0) is 9.84. The number of aryl methyl sites for hydroxylation is 1. The van der Waals surface area contributed by atoms with Crippen LogP contribution >= 0.6 is 0 Å². The highest BCUT2D eigenvalue weighted by Crippen LogP contribution is 1.97. The van der Waals surface area contributed by atoms with Gasteiger partial charge in [0.25, 0.3) is 5.56 Å². The summed E-state index contributed by atoms with van der Waals surface area (Å²) in [6, 6.07) is -0.908. The molecule has 0 bridgehead atoms. The smallest absolute Gasteiger partial charge is 0.320 e. The summed E-state index contributed by atoms with van der Waals surface area (Å²) >= 11 is 0. The molecule has 6 nitrogen and oxygen atoms in total. The summed E-state index contributed by atoms with van der Waals surface area (Å²) in [7, 11) is 0. The SMILES string of the molecule is NC(CCc1c[nH][nH]c1=O)C(=O)O. The predicted molar refractivity (Wildman–Crippen MR) is 45.3 cm³/mol. The first-order valence-corrected chi connectivity index (χ1v) is 3.84. The lowest BCUT2D eigenvalue weighted by atomic mass is 10.1. The maximum atomic E-state index is 10.9. The number of rotatable bonds is 4. The molecule has 0 saturated carbocycles. The predicted octanol–water partition coefficient (Wildman–Crippen LogP) is -0.953. The first-order chi connectivity index (χ1) is 6.11. The third kappa shape index (κ3) is 2.45. The quantitative estimate of drug-likeness (QED) is 0.484. The van der Waals surface area contributed by atoms with Gasteiger partial charge >= 0.3 is 5.97 Å². The maximum absolute atomic E-state index is 10.9. The molecule has 0 aliphatic rings. The molecule has 1 unspecified atom stereocenters. The standard InChI is InChI=1S/C7H11N3O3/c8-5(7(12)13)2-1-4-3-9-10-6(4)11/h3,5H,1-2,8H2,(H,12,13)(H2,9,10,11). The zero-order valence-corrected chi connectivity index (χ0v) is 6.91. The van der Waals surface area contributed by atoms with Gasteiger partial charge in [-0.2, -0.15) is 0 Å². The highest BCUT2D eigenvalue weighted by molar-refractivity contribution is 5.73. The van der Waals surface area contributed by atoms with Crippen LogP contribution in [0.5, 0.6) is 0 Å². The Balaban J connectivity index is 2.48. The second kappa shape index (κ2) is 3.90. The van der Waals surface area contributed by atoms with Crippen molar-refractivity contribution in [1.29, 1.82) is 0 Å². The molecule has 0 fully saturated rings. The van der Waals surface area contributed by atoms with Crippen molar-refractivity contribution in [2.24, 2.45) is 5.73 Å². The van der Waals surface area contributed by atoms with E-state index in [-0.39, 0.29) is 12.0 Å². The number of aliphatic carboxylic acids is 1. The van der Waals surface area contributed by atoms with Crippen molar-refractivity contribution in [1.82, 2.24) is 10.2 Å². The molecule has 0 radical (unpaired) electrons. The zero-order valence-electron chi connectivity index (χ0n) is 6.91. The molecule has 1 heterocycles. The van der Waals surface area contributed by atoms with Crippen LogP contribution in [0.4, 0.5) is 0 Å². The van der Waals surface area contributed by atoms with Gasteiger partial charge in [0, 0.05) is 11.8 Å². The maximum Gasteiger partial charge on any atom is 0.320 e. The minimum atomic E-state index is -1.05. The summed E-state index contributed by atoms with van der Waals surface area (Å²) in [5.74, 6) is -1.05. The number of carboxylic acid groups (broad SMARTS) is 1. The monoisotopic (exact) mass is 185 g/mol. The Morgan fingerprint density at radius 1 is 1.69 bits per heavy atom. The van der Waals surface area contributed by atoms with Crippen molar-refractivity contribution in [3.63, 3.8) is 0 Å². The van der Waals surface area contributed by atoms with Gasteiger partial charge in [-0.1, -0.05) is 0 Å². The Hall–Kier alpha value is -1.56. The van der Waals surface area contributed by atoms with Gasteiger partial charge in [0.2, 0.25) is 0 Å². The van der Waals surface area contributed by atoms with Crippen molar-refractivity contribution < 1.29 is 9.90 Å². The molecule has 13 heavy (non-hydrogen) atoms. The van der Waals surface area contributed by atoms with Crippen LogP contribution in [0.15, 0.2) is 11.0 Å². The molecule has 1 rings (SSSR count). The van der Waals surface area contributed by atoms with E-state index in [9.17, 15) is 9.59 Å². The normalized spacial score (nSPS) is 12.7. The molecule has 5 N–H and O–H groups in total. The van der Waals surface area contributed by atoms with Crippen molar-refractivity contribution in [3.8, 4) is 0 Å². The highest BCUT2D eigenvalue weighted by Gasteiger charge is 2.12. The van der Waals surface area contributed by atoms with Crippen LogP contribution in [0, 0.1) is 0 Å². The molecular weight excluding hydrogens is 174 g/mol. The number of nitrogens with one attached hydrogen (secondary N) is 2. The van der Waals surface area contributed by atoms with Crippen molar-refractivity contribution in [2.45, 2.75) is 18.9 Å². The second-order valence-corrected chi connectivity index (χ2v) is 2.75. The van der Waals surface area contributed by atoms with E-state index in [1.165, 1.54) is 6.20 Å². The van der Waals surface area contributed by atoms with E-state index in [0.29, 0.717) is 12.0 Å². The summed E-state index contributed by atoms with van der Waals surface area (Å²) in [6.07, 6.45) is 2.14. The van der Waals surface area contributed by atoms with Crippen molar-refractivity contribution in [3.05, 3.63) is 22.1 Å². The van der Waals surface area contributed by atoms with Crippen LogP contribution < -0.4 is 11.3 Å². The van der Waals surface area contributed by atoms with Gasteiger partial charge in [-0.25, -0.2) is 0 Å². The Kier molecular flexibility index (Phi) is 2.86. The third-order valence-electron chi connectivity index (χ3n) is 1.77. The number of hydrogen-bond acceptors (Lipinski definition) is 3. The van der Waals surface area contributed by atoms with Gasteiger partial charge in [-0.05, 0) is 12.8 Å². The first-order valence-electron chi connectivity index (χ1n) is 3.84. The number of H-pyrrole nitrogens is 2. The van der Waals surface area contributed by atoms with Gasteiger partial charge in [0.15, 0.2) is 0 Å². The average molecular weight is 185 g/mol. The van der Waals surface area contributed by atoms with E-state index in [0.717, 1.165) is 0 Å². The molecular formula is C7H11N3O3. The minimum absolute atomic E-state index is 0.224. The lowest BCUT2D eigenvalue weighted by Crippen LogP contribution is -2.30. The minimum Gasteiger partial charge on any atom is -0.480 e. The van der Waals surface area contributed by atoms with E-state index in [1.54, 1.807) is 0 Å². The molecule has 0 amide bonds. The van der Waals surface area contributed by atoms with Crippen LogP contribution in [0.3, 0.4) is 0 Å². The summed E-state index contributed by atoms with van der Waals surface area (Å²) in [5.41, 5.74) is 5.56. The van der Waals surface area contributed by atoms with E-state index in [2.05, 4.69) is 10.2 Å². The van der Waals surface area contributed by atoms with Crippen LogP contribution in [0.2, 0.25) is 0 Å². The Labute approximate surface area is 73.7 Å². The molecule has 0 spiro atoms. The summed E-state index contributed by atoms with van der Waals surface area (Å²) in [4.78, 5) is 21.3. The molecule has 1 aromatic rings. The number of carboxylic acids is 1. The van der Waals surface area contributed by atoms with E-state index in [4.69, 9.17) is 10.8 Å². The fourth-order valence-electron chi connectivity index (χ4n) is 0.955. The number of nitrogens with two attached hydrogens (primary N) is 1. The van der Waals surface area contributed by atoms with Crippen LogP contribution in [0.25, 0.3) is 0 Å². The first kappa shape index (κ1) is 9.53. The summed E-state index contributed by atoms with van der Waals surface area (Å²) in [5, 5.41) is 13.3. The van der Waals surface area contributed by atoms with Crippen LogP contribution in [-0.2, 0) is 11.2 Å². The summed E-state index contributed by atoms with van der Waals surface area (Å²) in [6.45, 7) is 0. The molecule has 0 saturated heterocycles. The molecule has 0 aliphatic heterocycles. The van der Waals surface area contributed by atoms with Crippen molar-refractivity contribution in [2.75, 3.05) is 0 Å². The Morgan fingerprint density at radius 3 is 2.85 bits per heavy atom. The molecule has 1 aromatic heterocycles. The molecule has 72 valence electrons. The summed E-state index contributed by atoms with van der Waals surface area (Å²) < 4.78 is 0. The van der Waals surface area contributed by atoms with Gasteiger partial charge in [0.05, 0.1) is 0 Å². The third-order valence-corrected chi connectivity index (χ3v) is 1.77. The Bertz CT molecular complexity index is 341. The molecule has 0 aromatic carbocycles. The van der Waals surface area contributed by atoms with E-state index in [1.807, 2.05) is 0 Å². The topological polar surface area (TPSA) is 112 Å². The number of hydrogen-bond donors (Lipinski definition) is 4. The molecule has 6 heteroatoms. The number of aromatic nitrogens is 2. The number of carbonyl (C=O) groups is 1. The average Bonchev–Trinajstić information content (AvgIpc) is 2.47. The van der Waals surface area contributed by atoms with E-state index >= 15 is 0 Å². The fourth-order valence-corrected chi connectivity index (χ4v) is 0.955. The lowest BCUT2D eigenvalue weighted by molar-refractivity contribution is -0.138. The Morgan fingerprint density at radius 2 is 2.38 bits per heavy atom. The van der Waals surface area contributed by atoms with Crippen molar-refractivity contribution >= 4 is 5.97 Å². The van der Waals surface area contributed by atoms with Gasteiger partial charge in [-0.3, -0.25) is 14.7 Å². The second-order valence-electron chi connectivity index (χ2n) is 2.75. The number of aromatic amines is 2. The van der Waals surface area contributed by atoms with E-state index < -0.39 is 12.0 Å². The van der Waals surface area contributed by atoms with Crippen LogP contribution in [-0.4, -0.2) is 27.3 Å². The highest BCUT2D eigenvalue weighted by atomic mass is 16.4. The largest absolute Gasteiger partial charge is 0.480 e. The molecule has 0 aliphatic carbocycles. The molecule has 1 atom stereocenters. The van der Waals surface area contributed by atoms with Gasteiger partial charge in [0.1, 0.15) is 6.04 Å². The van der Waals surface area contributed by atoms with Crippen LogP contribution in [0.1, 0.15) is 12.0 Å². The lowest BCUT2D eigenvalue weighted by Gasteiger charge is -2.02. The van der Waals surface area contributed by atoms with Gasteiger partial charge in [-0.15, -0.1) is 0 Å². The fraction of sp³-hybridized carbons (Fsp3) is 0.429.